The number of nitrogens with one attached hydrogen (secondary N) is 1. The van der Waals surface area contributed by atoms with Crippen molar-refractivity contribution >= 4 is 5.91 Å². The molecule has 1 heterocycles. The quantitative estimate of drug-likeness (QED) is 0.825. The van der Waals surface area contributed by atoms with Gasteiger partial charge in [-0.05, 0) is 44.8 Å². The van der Waals surface area contributed by atoms with Crippen molar-refractivity contribution in [1.82, 2.24) is 10.2 Å². The molecule has 0 saturated carbocycles. The van der Waals surface area contributed by atoms with Crippen LogP contribution in [0, 0.1) is 11.8 Å². The van der Waals surface area contributed by atoms with Crippen molar-refractivity contribution in [1.29, 1.82) is 0 Å². The Morgan fingerprint density at radius 2 is 1.71 bits per heavy atom. The number of carbonyl (C=O) groups excluding carboxylic acids is 1. The third-order valence-electron chi connectivity index (χ3n) is 3.36. The minimum absolute atomic E-state index is 0.104. The van der Waals surface area contributed by atoms with Gasteiger partial charge in [-0.3, -0.25) is 4.79 Å². The number of likely N-dealkylation sites (tertiary alicyclic amines) is 1. The Morgan fingerprint density at radius 3 is 2.06 bits per heavy atom. The number of carbonyl (C=O) groups is 1. The SMILES string of the molecule is CC.CC(=O)NC(C(C)C)C1CCN(C)CC1. The Bertz CT molecular complexity index is 208. The van der Waals surface area contributed by atoms with Crippen molar-refractivity contribution in [2.45, 2.75) is 53.5 Å². The second kappa shape index (κ2) is 8.51. The van der Waals surface area contributed by atoms with E-state index in [0.717, 1.165) is 13.1 Å². The predicted molar refractivity (Wildman–Crippen MR) is 74.0 cm³/mol. The van der Waals surface area contributed by atoms with Crippen molar-refractivity contribution in [3.63, 3.8) is 0 Å². The fourth-order valence-corrected chi connectivity index (χ4v) is 2.45. The summed E-state index contributed by atoms with van der Waals surface area (Å²) in [6, 6.07) is 0.358. The number of hydrogen-bond acceptors (Lipinski definition) is 2. The second-order valence-corrected chi connectivity index (χ2v) is 5.11. The Labute approximate surface area is 107 Å². The summed E-state index contributed by atoms with van der Waals surface area (Å²) in [5.41, 5.74) is 0. The normalized spacial score (nSPS) is 19.5. The summed E-state index contributed by atoms with van der Waals surface area (Å²) in [5, 5.41) is 3.11. The molecule has 1 aliphatic rings. The van der Waals surface area contributed by atoms with Crippen LogP contribution in [0.15, 0.2) is 0 Å². The maximum atomic E-state index is 11.1. The fraction of sp³-hybridized carbons (Fsp3) is 0.929. The highest BCUT2D eigenvalue weighted by molar-refractivity contribution is 5.73. The zero-order chi connectivity index (χ0) is 13.4. The van der Waals surface area contributed by atoms with Gasteiger partial charge in [-0.15, -0.1) is 0 Å². The van der Waals surface area contributed by atoms with Gasteiger partial charge in [0.05, 0.1) is 0 Å². The van der Waals surface area contributed by atoms with E-state index in [4.69, 9.17) is 0 Å². The van der Waals surface area contributed by atoms with E-state index in [1.807, 2.05) is 13.8 Å². The Hall–Kier alpha value is -0.570. The Kier molecular flexibility index (Phi) is 8.23. The van der Waals surface area contributed by atoms with Gasteiger partial charge in [0.2, 0.25) is 5.91 Å². The summed E-state index contributed by atoms with van der Waals surface area (Å²) in [6.45, 7) is 12.3. The molecule has 1 fully saturated rings. The van der Waals surface area contributed by atoms with Crippen molar-refractivity contribution in [2.75, 3.05) is 20.1 Å². The first kappa shape index (κ1) is 16.4. The van der Waals surface area contributed by atoms with E-state index in [0.29, 0.717) is 17.9 Å². The monoisotopic (exact) mass is 242 g/mol. The molecular weight excluding hydrogens is 212 g/mol. The lowest BCUT2D eigenvalue weighted by atomic mass is 9.83. The largest absolute Gasteiger partial charge is 0.353 e. The van der Waals surface area contributed by atoms with Crippen LogP contribution < -0.4 is 5.32 Å². The molecule has 0 aliphatic carbocycles. The lowest BCUT2D eigenvalue weighted by Gasteiger charge is -2.36. The van der Waals surface area contributed by atoms with Crippen molar-refractivity contribution in [2.24, 2.45) is 11.8 Å². The van der Waals surface area contributed by atoms with Crippen LogP contribution in [0.3, 0.4) is 0 Å². The summed E-state index contributed by atoms with van der Waals surface area (Å²) < 4.78 is 0. The van der Waals surface area contributed by atoms with Crippen LogP contribution in [-0.2, 0) is 4.79 Å². The lowest BCUT2D eigenvalue weighted by Crippen LogP contribution is -2.46. The molecule has 17 heavy (non-hydrogen) atoms. The Morgan fingerprint density at radius 1 is 1.24 bits per heavy atom. The number of piperidine rings is 1. The minimum Gasteiger partial charge on any atom is -0.353 e. The highest BCUT2D eigenvalue weighted by Crippen LogP contribution is 2.24. The molecule has 102 valence electrons. The van der Waals surface area contributed by atoms with Gasteiger partial charge in [0.15, 0.2) is 0 Å². The van der Waals surface area contributed by atoms with Crippen LogP contribution in [0.1, 0.15) is 47.5 Å². The Balaban J connectivity index is 0.00000121. The summed E-state index contributed by atoms with van der Waals surface area (Å²) in [5.74, 6) is 1.29. The van der Waals surface area contributed by atoms with E-state index >= 15 is 0 Å². The van der Waals surface area contributed by atoms with Gasteiger partial charge < -0.3 is 10.2 Å². The maximum Gasteiger partial charge on any atom is 0.217 e. The van der Waals surface area contributed by atoms with Crippen molar-refractivity contribution in [3.05, 3.63) is 0 Å². The second-order valence-electron chi connectivity index (χ2n) is 5.11. The van der Waals surface area contributed by atoms with Gasteiger partial charge in [0.25, 0.3) is 0 Å². The molecule has 3 heteroatoms. The first-order valence-electron chi connectivity index (χ1n) is 6.96. The molecule has 1 unspecified atom stereocenters. The first-order chi connectivity index (χ1) is 8.00. The molecule has 0 radical (unpaired) electrons. The molecule has 1 N–H and O–H groups in total. The zero-order valence-electron chi connectivity index (χ0n) is 12.4. The number of amides is 1. The molecule has 1 amide bonds. The molecule has 1 rings (SSSR count). The molecule has 1 saturated heterocycles. The molecular formula is C14H30N2O. The van der Waals surface area contributed by atoms with Crippen molar-refractivity contribution < 1.29 is 4.79 Å². The van der Waals surface area contributed by atoms with Crippen LogP contribution in [0.5, 0.6) is 0 Å². The van der Waals surface area contributed by atoms with Gasteiger partial charge >= 0.3 is 0 Å². The van der Waals surface area contributed by atoms with Gasteiger partial charge in [0, 0.05) is 13.0 Å². The standard InChI is InChI=1S/C12H24N2O.C2H6/c1-9(2)12(13-10(3)15)11-5-7-14(4)8-6-11;1-2/h9,11-12H,5-8H2,1-4H3,(H,13,15);1-2H3. The maximum absolute atomic E-state index is 11.1. The third kappa shape index (κ3) is 6.06. The fourth-order valence-electron chi connectivity index (χ4n) is 2.45. The number of hydrogen-bond donors (Lipinski definition) is 1. The van der Waals surface area contributed by atoms with E-state index in [1.54, 1.807) is 6.92 Å². The van der Waals surface area contributed by atoms with E-state index < -0.39 is 0 Å². The van der Waals surface area contributed by atoms with Gasteiger partial charge in [-0.2, -0.15) is 0 Å². The van der Waals surface area contributed by atoms with Crippen LogP contribution in [0.25, 0.3) is 0 Å². The molecule has 1 atom stereocenters. The zero-order valence-corrected chi connectivity index (χ0v) is 12.4. The number of rotatable bonds is 3. The van der Waals surface area contributed by atoms with E-state index in [9.17, 15) is 4.79 Å². The van der Waals surface area contributed by atoms with Crippen LogP contribution in [0.4, 0.5) is 0 Å². The molecule has 0 aromatic heterocycles. The highest BCUT2D eigenvalue weighted by atomic mass is 16.1. The summed E-state index contributed by atoms with van der Waals surface area (Å²) >= 11 is 0. The van der Waals surface area contributed by atoms with Gasteiger partial charge in [0.1, 0.15) is 0 Å². The summed E-state index contributed by atoms with van der Waals surface area (Å²) in [6.07, 6.45) is 2.42. The topological polar surface area (TPSA) is 32.3 Å². The third-order valence-corrected chi connectivity index (χ3v) is 3.36. The average Bonchev–Trinajstić information content (AvgIpc) is 2.29. The molecule has 1 aliphatic heterocycles. The summed E-state index contributed by atoms with van der Waals surface area (Å²) in [4.78, 5) is 13.5. The summed E-state index contributed by atoms with van der Waals surface area (Å²) in [7, 11) is 2.17. The van der Waals surface area contributed by atoms with Crippen LogP contribution in [0.2, 0.25) is 0 Å². The van der Waals surface area contributed by atoms with Crippen LogP contribution >= 0.6 is 0 Å². The van der Waals surface area contributed by atoms with E-state index in [-0.39, 0.29) is 5.91 Å². The molecule has 3 nitrogen and oxygen atoms in total. The molecule has 0 aromatic rings. The molecule has 0 spiro atoms. The van der Waals surface area contributed by atoms with Gasteiger partial charge in [-0.1, -0.05) is 27.7 Å². The molecule has 0 bridgehead atoms. The highest BCUT2D eigenvalue weighted by Gasteiger charge is 2.27. The van der Waals surface area contributed by atoms with Crippen molar-refractivity contribution in [3.8, 4) is 0 Å². The first-order valence-corrected chi connectivity index (χ1v) is 6.96. The van der Waals surface area contributed by atoms with Crippen LogP contribution in [-0.4, -0.2) is 37.0 Å². The van der Waals surface area contributed by atoms with E-state index in [1.165, 1.54) is 12.8 Å². The van der Waals surface area contributed by atoms with E-state index in [2.05, 4.69) is 31.1 Å². The average molecular weight is 242 g/mol. The molecule has 0 aromatic carbocycles. The smallest absolute Gasteiger partial charge is 0.217 e. The minimum atomic E-state index is 0.104. The predicted octanol–water partition coefficient (Wildman–Crippen LogP) is 2.52. The van der Waals surface area contributed by atoms with Gasteiger partial charge in [-0.25, -0.2) is 0 Å². The number of nitrogens with zero attached hydrogens (tertiary/aromatic N) is 1. The lowest BCUT2D eigenvalue weighted by molar-refractivity contribution is -0.120.